The first-order valence-corrected chi connectivity index (χ1v) is 1.94. The van der Waals surface area contributed by atoms with Gasteiger partial charge < -0.3 is 5.32 Å². The molecule has 0 saturated carbocycles. The van der Waals surface area contributed by atoms with E-state index in [1.54, 1.807) is 0 Å². The molecule has 0 heterocycles. The maximum atomic E-state index is 3.03. The van der Waals surface area contributed by atoms with Crippen LogP contribution >= 0.6 is 24.0 Å². The molecule has 0 aliphatic heterocycles. The molecule has 1 nitrogen and oxygen atoms in total. The third-order valence-electron chi connectivity index (χ3n) is 0.577. The van der Waals surface area contributed by atoms with Gasteiger partial charge in [-0.15, -0.1) is 24.0 Å². The average molecular weight is 203 g/mol. The van der Waals surface area contributed by atoms with Crippen LogP contribution < -0.4 is 5.32 Å². The van der Waals surface area contributed by atoms with Crippen molar-refractivity contribution in [3.63, 3.8) is 0 Å². The van der Waals surface area contributed by atoms with Crippen molar-refractivity contribution in [3.8, 4) is 0 Å². The van der Waals surface area contributed by atoms with Gasteiger partial charge in [-0.25, -0.2) is 0 Å². The summed E-state index contributed by atoms with van der Waals surface area (Å²) in [6, 6.07) is 0.634. The highest BCUT2D eigenvalue weighted by Gasteiger charge is 1.76. The molecule has 0 aliphatic rings. The Balaban J connectivity index is -0.0000000800. The van der Waals surface area contributed by atoms with E-state index in [2.05, 4.69) is 19.2 Å². The highest BCUT2D eigenvalue weighted by molar-refractivity contribution is 14.0. The van der Waals surface area contributed by atoms with E-state index in [0.717, 1.165) is 0 Å². The van der Waals surface area contributed by atoms with Crippen LogP contribution in [0.2, 0.25) is 0 Å². The fourth-order valence-corrected chi connectivity index (χ4v) is 0. The van der Waals surface area contributed by atoms with Crippen molar-refractivity contribution in [1.29, 1.82) is 0 Å². The lowest BCUT2D eigenvalue weighted by atomic mass is 10.4. The van der Waals surface area contributed by atoms with Gasteiger partial charge in [0.15, 0.2) is 0 Å². The number of hydrogen-bond donors (Lipinski definition) is 1. The Bertz CT molecular complexity index is 25.7. The standard InChI is InChI=1S/C4H11N.HI.H2/c1-4(2)5-3;;/h4-5H,1-3H3;2*1H. The molecule has 0 rings (SSSR count). The molecule has 0 atom stereocenters. The van der Waals surface area contributed by atoms with E-state index in [0.29, 0.717) is 6.04 Å². The zero-order valence-electron chi connectivity index (χ0n) is 4.49. The maximum absolute atomic E-state index is 3.03. The first-order chi connectivity index (χ1) is 2.27. The highest BCUT2D eigenvalue weighted by atomic mass is 127. The van der Waals surface area contributed by atoms with Crippen LogP contribution in [0.1, 0.15) is 15.3 Å². The van der Waals surface area contributed by atoms with Crippen LogP contribution in [0.3, 0.4) is 0 Å². The van der Waals surface area contributed by atoms with E-state index in [1.165, 1.54) is 0 Å². The van der Waals surface area contributed by atoms with Crippen molar-refractivity contribution >= 4 is 24.0 Å². The summed E-state index contributed by atoms with van der Waals surface area (Å²) in [7, 11) is 1.95. The minimum atomic E-state index is 0. The summed E-state index contributed by atoms with van der Waals surface area (Å²) in [4.78, 5) is 0. The molecule has 6 heavy (non-hydrogen) atoms. The first kappa shape index (κ1) is 9.85. The van der Waals surface area contributed by atoms with Gasteiger partial charge in [-0.2, -0.15) is 0 Å². The van der Waals surface area contributed by atoms with Crippen molar-refractivity contribution < 1.29 is 1.43 Å². The SMILES string of the molecule is CNC(C)C.I.[HH]. The van der Waals surface area contributed by atoms with Gasteiger partial charge in [0.05, 0.1) is 0 Å². The van der Waals surface area contributed by atoms with Crippen LogP contribution in [0.15, 0.2) is 0 Å². The van der Waals surface area contributed by atoms with Gasteiger partial charge in [0.2, 0.25) is 0 Å². The number of nitrogens with one attached hydrogen (secondary N) is 1. The number of rotatable bonds is 1. The van der Waals surface area contributed by atoms with Crippen molar-refractivity contribution in [3.05, 3.63) is 0 Å². The lowest BCUT2D eigenvalue weighted by molar-refractivity contribution is 0.668. The molecule has 0 aromatic heterocycles. The minimum absolute atomic E-state index is 0. The normalized spacial score (nSPS) is 8.00. The predicted molar refractivity (Wildman–Crippen MR) is 41.7 cm³/mol. The highest BCUT2D eigenvalue weighted by Crippen LogP contribution is 1.66. The van der Waals surface area contributed by atoms with Crippen LogP contribution in [0.5, 0.6) is 0 Å². The van der Waals surface area contributed by atoms with Crippen molar-refractivity contribution in [1.82, 2.24) is 5.32 Å². The smallest absolute Gasteiger partial charge is 0.000733 e. The Morgan fingerprint density at radius 2 is 1.67 bits per heavy atom. The molecule has 0 aliphatic carbocycles. The van der Waals surface area contributed by atoms with Crippen LogP contribution in [-0.4, -0.2) is 13.1 Å². The van der Waals surface area contributed by atoms with E-state index in [-0.39, 0.29) is 25.4 Å². The summed E-state index contributed by atoms with van der Waals surface area (Å²) in [6.45, 7) is 4.22. The van der Waals surface area contributed by atoms with E-state index in [1.807, 2.05) is 7.05 Å². The van der Waals surface area contributed by atoms with Gasteiger partial charge >= 0.3 is 0 Å². The molecule has 0 aromatic rings. The Hall–Kier alpha value is 0.690. The van der Waals surface area contributed by atoms with Gasteiger partial charge in [-0.1, -0.05) is 13.8 Å². The fraction of sp³-hybridized carbons (Fsp3) is 1.00. The van der Waals surface area contributed by atoms with Gasteiger partial charge in [0.25, 0.3) is 0 Å². The lowest BCUT2D eigenvalue weighted by Crippen LogP contribution is -2.15. The summed E-state index contributed by atoms with van der Waals surface area (Å²) in [5.74, 6) is 0. The van der Waals surface area contributed by atoms with Crippen molar-refractivity contribution in [2.24, 2.45) is 0 Å². The second-order valence-electron chi connectivity index (χ2n) is 1.44. The quantitative estimate of drug-likeness (QED) is 0.636. The lowest BCUT2D eigenvalue weighted by Gasteiger charge is -1.95. The topological polar surface area (TPSA) is 12.0 Å². The molecule has 0 radical (unpaired) electrons. The van der Waals surface area contributed by atoms with Gasteiger partial charge in [0, 0.05) is 7.47 Å². The van der Waals surface area contributed by atoms with E-state index in [4.69, 9.17) is 0 Å². The molecular formula is C4H14IN. The first-order valence-electron chi connectivity index (χ1n) is 1.94. The van der Waals surface area contributed by atoms with Crippen LogP contribution in [0, 0.1) is 0 Å². The molecule has 0 fully saturated rings. The fourth-order valence-electron chi connectivity index (χ4n) is 0. The molecule has 0 spiro atoms. The molecule has 0 aromatic carbocycles. The minimum Gasteiger partial charge on any atom is -0.318 e. The number of hydrogen-bond acceptors (Lipinski definition) is 1. The van der Waals surface area contributed by atoms with Crippen LogP contribution in [-0.2, 0) is 0 Å². The van der Waals surface area contributed by atoms with Crippen molar-refractivity contribution in [2.45, 2.75) is 19.9 Å². The largest absolute Gasteiger partial charge is 0.318 e. The molecular weight excluding hydrogens is 189 g/mol. The zero-order valence-corrected chi connectivity index (χ0v) is 6.82. The van der Waals surface area contributed by atoms with E-state index in [9.17, 15) is 0 Å². The monoisotopic (exact) mass is 203 g/mol. The summed E-state index contributed by atoms with van der Waals surface area (Å²) >= 11 is 0. The average Bonchev–Trinajstić information content (AvgIpc) is 1.38. The summed E-state index contributed by atoms with van der Waals surface area (Å²) < 4.78 is 0. The maximum Gasteiger partial charge on any atom is 0.000733 e. The molecule has 42 valence electrons. The van der Waals surface area contributed by atoms with Gasteiger partial charge in [-0.3, -0.25) is 0 Å². The third kappa shape index (κ3) is 8.83. The van der Waals surface area contributed by atoms with E-state index < -0.39 is 0 Å². The molecule has 0 amide bonds. The Kier molecular flexibility index (Phi) is 9.34. The van der Waals surface area contributed by atoms with Gasteiger partial charge in [-0.05, 0) is 7.05 Å². The summed E-state index contributed by atoms with van der Waals surface area (Å²) in [5, 5.41) is 3.03. The molecule has 0 saturated heterocycles. The van der Waals surface area contributed by atoms with Crippen molar-refractivity contribution in [2.75, 3.05) is 7.05 Å². The van der Waals surface area contributed by atoms with Crippen LogP contribution in [0.25, 0.3) is 0 Å². The third-order valence-corrected chi connectivity index (χ3v) is 0.577. The number of halogens is 1. The molecule has 0 bridgehead atoms. The molecule has 0 unspecified atom stereocenters. The van der Waals surface area contributed by atoms with Gasteiger partial charge in [0.1, 0.15) is 0 Å². The molecule has 1 N–H and O–H groups in total. The second-order valence-corrected chi connectivity index (χ2v) is 1.44. The zero-order chi connectivity index (χ0) is 4.28. The Morgan fingerprint density at radius 3 is 1.67 bits per heavy atom. The Labute approximate surface area is 58.0 Å². The predicted octanol–water partition coefficient (Wildman–Crippen LogP) is 1.48. The second kappa shape index (κ2) is 5.69. The summed E-state index contributed by atoms with van der Waals surface area (Å²) in [5.41, 5.74) is 0. The Morgan fingerprint density at radius 1 is 1.50 bits per heavy atom. The summed E-state index contributed by atoms with van der Waals surface area (Å²) in [6.07, 6.45) is 0. The molecule has 2 heteroatoms. The van der Waals surface area contributed by atoms with Crippen LogP contribution in [0.4, 0.5) is 0 Å². The van der Waals surface area contributed by atoms with E-state index >= 15 is 0 Å².